The van der Waals surface area contributed by atoms with Crippen molar-refractivity contribution in [3.63, 3.8) is 0 Å². The van der Waals surface area contributed by atoms with E-state index in [4.69, 9.17) is 5.73 Å². The van der Waals surface area contributed by atoms with Gasteiger partial charge in [-0.2, -0.15) is 0 Å². The van der Waals surface area contributed by atoms with Crippen molar-refractivity contribution < 1.29 is 4.79 Å². The fourth-order valence-corrected chi connectivity index (χ4v) is 0.850. The molecule has 0 aromatic carbocycles. The number of rotatable bonds is 4. The summed E-state index contributed by atoms with van der Waals surface area (Å²) in [6, 6.07) is 5.43. The Hall–Kier alpha value is -1.78. The molecule has 0 atom stereocenters. The number of carbonyl (C=O) groups is 1. The van der Waals surface area contributed by atoms with Crippen LogP contribution >= 0.6 is 0 Å². The molecule has 0 radical (unpaired) electrons. The second kappa shape index (κ2) is 4.30. The molecule has 0 saturated carbocycles. The molecule has 0 unspecified atom stereocenters. The molecule has 13 heavy (non-hydrogen) atoms. The van der Waals surface area contributed by atoms with Crippen molar-refractivity contribution in [3.8, 4) is 0 Å². The van der Waals surface area contributed by atoms with Gasteiger partial charge in [0.2, 0.25) is 5.91 Å². The molecule has 70 valence electrons. The molecule has 0 fully saturated rings. The van der Waals surface area contributed by atoms with Gasteiger partial charge in [0.25, 0.3) is 0 Å². The zero-order chi connectivity index (χ0) is 9.68. The third kappa shape index (κ3) is 2.98. The molecule has 1 aromatic heterocycles. The van der Waals surface area contributed by atoms with Crippen LogP contribution in [0, 0.1) is 0 Å². The van der Waals surface area contributed by atoms with Gasteiger partial charge in [-0.15, -0.1) is 0 Å². The maximum atomic E-state index is 10.4. The number of anilines is 2. The van der Waals surface area contributed by atoms with E-state index in [1.165, 1.54) is 0 Å². The summed E-state index contributed by atoms with van der Waals surface area (Å²) in [6.45, 7) is 0.0974. The van der Waals surface area contributed by atoms with E-state index in [0.717, 1.165) is 5.82 Å². The van der Waals surface area contributed by atoms with Crippen LogP contribution in [0.15, 0.2) is 18.2 Å². The second-order valence-electron chi connectivity index (χ2n) is 2.48. The highest BCUT2D eigenvalue weighted by atomic mass is 16.1. The van der Waals surface area contributed by atoms with Gasteiger partial charge in [-0.25, -0.2) is 4.98 Å². The zero-order valence-electron chi connectivity index (χ0n) is 7.37. The molecule has 0 bridgehead atoms. The van der Waals surface area contributed by atoms with E-state index in [2.05, 4.69) is 15.6 Å². The van der Waals surface area contributed by atoms with Gasteiger partial charge in [-0.1, -0.05) is 6.07 Å². The van der Waals surface area contributed by atoms with Crippen LogP contribution in [0.25, 0.3) is 0 Å². The van der Waals surface area contributed by atoms with E-state index < -0.39 is 5.91 Å². The van der Waals surface area contributed by atoms with Crippen molar-refractivity contribution in [3.05, 3.63) is 18.2 Å². The normalized spacial score (nSPS) is 9.31. The quantitative estimate of drug-likeness (QED) is 0.610. The summed E-state index contributed by atoms with van der Waals surface area (Å²) in [5.41, 5.74) is 4.97. The van der Waals surface area contributed by atoms with Crippen LogP contribution in [-0.2, 0) is 4.79 Å². The Morgan fingerprint density at radius 2 is 2.23 bits per heavy atom. The Balaban J connectivity index is 2.61. The van der Waals surface area contributed by atoms with Gasteiger partial charge < -0.3 is 16.4 Å². The smallest absolute Gasteiger partial charge is 0.236 e. The number of nitrogens with zero attached hydrogens (tertiary/aromatic N) is 1. The lowest BCUT2D eigenvalue weighted by molar-refractivity contribution is -0.116. The number of primary amides is 1. The lowest BCUT2D eigenvalue weighted by atomic mass is 10.4. The van der Waals surface area contributed by atoms with Gasteiger partial charge in [0.05, 0.1) is 6.54 Å². The van der Waals surface area contributed by atoms with Crippen LogP contribution in [-0.4, -0.2) is 24.5 Å². The molecule has 5 heteroatoms. The molecular weight excluding hydrogens is 168 g/mol. The Morgan fingerprint density at radius 3 is 2.85 bits per heavy atom. The molecule has 1 aromatic rings. The van der Waals surface area contributed by atoms with Crippen molar-refractivity contribution in [2.75, 3.05) is 24.2 Å². The summed E-state index contributed by atoms with van der Waals surface area (Å²) < 4.78 is 0. The lowest BCUT2D eigenvalue weighted by Gasteiger charge is -2.04. The number of nitrogens with one attached hydrogen (secondary N) is 2. The molecule has 0 aliphatic heterocycles. The van der Waals surface area contributed by atoms with E-state index in [-0.39, 0.29) is 6.54 Å². The minimum absolute atomic E-state index is 0.0974. The number of amides is 1. The molecule has 0 saturated heterocycles. The summed E-state index contributed by atoms with van der Waals surface area (Å²) >= 11 is 0. The third-order valence-electron chi connectivity index (χ3n) is 1.45. The number of hydrogen-bond donors (Lipinski definition) is 3. The van der Waals surface area contributed by atoms with Gasteiger partial charge in [-0.3, -0.25) is 4.79 Å². The first-order valence-electron chi connectivity index (χ1n) is 3.89. The Labute approximate surface area is 76.3 Å². The predicted octanol–water partition coefficient (Wildman–Crippen LogP) is 0.0205. The maximum absolute atomic E-state index is 10.4. The van der Waals surface area contributed by atoms with Crippen LogP contribution in [0.5, 0.6) is 0 Å². The summed E-state index contributed by atoms with van der Waals surface area (Å²) in [4.78, 5) is 14.6. The second-order valence-corrected chi connectivity index (χ2v) is 2.48. The van der Waals surface area contributed by atoms with E-state index in [1.807, 2.05) is 12.1 Å². The molecule has 0 spiro atoms. The zero-order valence-corrected chi connectivity index (χ0v) is 7.37. The summed E-state index contributed by atoms with van der Waals surface area (Å²) in [7, 11) is 1.78. The van der Waals surface area contributed by atoms with E-state index in [1.54, 1.807) is 13.1 Å². The first-order valence-corrected chi connectivity index (χ1v) is 3.89. The van der Waals surface area contributed by atoms with Gasteiger partial charge >= 0.3 is 0 Å². The summed E-state index contributed by atoms with van der Waals surface area (Å²) in [5.74, 6) is 0.969. The monoisotopic (exact) mass is 180 g/mol. The van der Waals surface area contributed by atoms with Gasteiger partial charge in [0.1, 0.15) is 11.6 Å². The SMILES string of the molecule is CNc1cccc(NCC(N)=O)n1. The van der Waals surface area contributed by atoms with Gasteiger partial charge in [0.15, 0.2) is 0 Å². The van der Waals surface area contributed by atoms with Crippen molar-refractivity contribution in [2.45, 2.75) is 0 Å². The number of hydrogen-bond acceptors (Lipinski definition) is 4. The fraction of sp³-hybridized carbons (Fsp3) is 0.250. The first-order chi connectivity index (χ1) is 6.22. The molecular formula is C8H12N4O. The van der Waals surface area contributed by atoms with Gasteiger partial charge in [0, 0.05) is 7.05 Å². The van der Waals surface area contributed by atoms with E-state index in [9.17, 15) is 4.79 Å². The maximum Gasteiger partial charge on any atom is 0.236 e. The molecule has 0 aliphatic rings. The molecule has 1 rings (SSSR count). The first kappa shape index (κ1) is 9.31. The van der Waals surface area contributed by atoms with Crippen molar-refractivity contribution in [1.29, 1.82) is 0 Å². The van der Waals surface area contributed by atoms with Crippen LogP contribution in [0.1, 0.15) is 0 Å². The van der Waals surface area contributed by atoms with Crippen LogP contribution in [0.3, 0.4) is 0 Å². The highest BCUT2D eigenvalue weighted by Gasteiger charge is 1.96. The standard InChI is InChI=1S/C8H12N4O/c1-10-7-3-2-4-8(12-7)11-5-6(9)13/h2-4H,5H2,1H3,(H2,9,13)(H2,10,11,12). The highest BCUT2D eigenvalue weighted by molar-refractivity contribution is 5.78. The minimum Gasteiger partial charge on any atom is -0.373 e. The number of aromatic nitrogens is 1. The molecule has 5 nitrogen and oxygen atoms in total. The van der Waals surface area contributed by atoms with Crippen molar-refractivity contribution >= 4 is 17.5 Å². The van der Waals surface area contributed by atoms with Crippen molar-refractivity contribution in [1.82, 2.24) is 4.98 Å². The predicted molar refractivity (Wildman–Crippen MR) is 51.5 cm³/mol. The Bertz CT molecular complexity index is 300. The number of nitrogens with two attached hydrogens (primary N) is 1. The summed E-state index contributed by atoms with van der Waals surface area (Å²) in [5, 5.41) is 5.68. The summed E-state index contributed by atoms with van der Waals surface area (Å²) in [6.07, 6.45) is 0. The van der Waals surface area contributed by atoms with Crippen LogP contribution < -0.4 is 16.4 Å². The topological polar surface area (TPSA) is 80.0 Å². The van der Waals surface area contributed by atoms with Crippen molar-refractivity contribution in [2.24, 2.45) is 5.73 Å². The molecule has 1 heterocycles. The third-order valence-corrected chi connectivity index (χ3v) is 1.45. The number of carbonyl (C=O) groups excluding carboxylic acids is 1. The molecule has 4 N–H and O–H groups in total. The highest BCUT2D eigenvalue weighted by Crippen LogP contribution is 2.07. The minimum atomic E-state index is -0.406. The Morgan fingerprint density at radius 1 is 1.54 bits per heavy atom. The number of pyridine rings is 1. The van der Waals surface area contributed by atoms with E-state index >= 15 is 0 Å². The van der Waals surface area contributed by atoms with E-state index in [0.29, 0.717) is 5.82 Å². The lowest BCUT2D eigenvalue weighted by Crippen LogP contribution is -2.22. The Kier molecular flexibility index (Phi) is 3.08. The largest absolute Gasteiger partial charge is 0.373 e. The molecule has 1 amide bonds. The molecule has 0 aliphatic carbocycles. The van der Waals surface area contributed by atoms with Crippen LogP contribution in [0.2, 0.25) is 0 Å². The van der Waals surface area contributed by atoms with Gasteiger partial charge in [-0.05, 0) is 12.1 Å². The average Bonchev–Trinajstić information content (AvgIpc) is 2.15. The fourth-order valence-electron chi connectivity index (χ4n) is 0.850. The average molecular weight is 180 g/mol. The van der Waals surface area contributed by atoms with Crippen LogP contribution in [0.4, 0.5) is 11.6 Å².